The van der Waals surface area contributed by atoms with Crippen molar-refractivity contribution in [2.45, 2.75) is 53.4 Å². The van der Waals surface area contributed by atoms with Gasteiger partial charge in [-0.25, -0.2) is 13.5 Å². The second kappa shape index (κ2) is 11.2. The van der Waals surface area contributed by atoms with Gasteiger partial charge in [0.2, 0.25) is 0 Å². The molecule has 25 heavy (non-hydrogen) atoms. The average molecular weight is 400 g/mol. The monoisotopic (exact) mass is 400 g/mol. The standard InChI is InChI=1S/C15H27FO7P2/c1-12(2)7-5-8-13(3)9-6-10-14(4)15(16)11-22-25(20,21)23-24(17,18)19/h7,9H,5-6,8,10-11H2,1-4H3,(H,20,21)(H2,17,18,19)/b13-9+,15-14-. The van der Waals surface area contributed by atoms with Crippen LogP contribution in [0.25, 0.3) is 0 Å². The third-order valence-corrected chi connectivity index (χ3v) is 5.26. The lowest BCUT2D eigenvalue weighted by molar-refractivity contribution is 0.181. The number of phosphoric ester groups is 1. The molecule has 1 atom stereocenters. The number of allylic oxidation sites excluding steroid dienone is 5. The van der Waals surface area contributed by atoms with E-state index < -0.39 is 28.1 Å². The summed E-state index contributed by atoms with van der Waals surface area (Å²) in [4.78, 5) is 26.0. The van der Waals surface area contributed by atoms with Crippen LogP contribution in [0.4, 0.5) is 4.39 Å². The first kappa shape index (κ1) is 24.4. The first-order chi connectivity index (χ1) is 11.3. The van der Waals surface area contributed by atoms with E-state index in [1.165, 1.54) is 18.1 Å². The molecule has 3 N–H and O–H groups in total. The third kappa shape index (κ3) is 14.3. The van der Waals surface area contributed by atoms with Crippen LogP contribution < -0.4 is 0 Å². The molecule has 0 bridgehead atoms. The van der Waals surface area contributed by atoms with Gasteiger partial charge in [0.15, 0.2) is 0 Å². The van der Waals surface area contributed by atoms with Crippen molar-refractivity contribution in [3.8, 4) is 0 Å². The van der Waals surface area contributed by atoms with E-state index in [4.69, 9.17) is 14.7 Å². The van der Waals surface area contributed by atoms with Crippen LogP contribution in [0.1, 0.15) is 53.4 Å². The number of rotatable bonds is 11. The largest absolute Gasteiger partial charge is 0.481 e. The molecule has 0 spiro atoms. The molecule has 0 fully saturated rings. The fraction of sp³-hybridized carbons (Fsp3) is 0.600. The van der Waals surface area contributed by atoms with Crippen LogP contribution in [0.3, 0.4) is 0 Å². The molecular formula is C15H27FO7P2. The quantitative estimate of drug-likeness (QED) is 0.333. The lowest BCUT2D eigenvalue weighted by Gasteiger charge is -2.12. The summed E-state index contributed by atoms with van der Waals surface area (Å²) in [5.74, 6) is -0.779. The van der Waals surface area contributed by atoms with Crippen molar-refractivity contribution in [3.05, 3.63) is 34.7 Å². The zero-order valence-electron chi connectivity index (χ0n) is 14.9. The average Bonchev–Trinajstić information content (AvgIpc) is 2.41. The zero-order valence-corrected chi connectivity index (χ0v) is 16.7. The second-order valence-electron chi connectivity index (χ2n) is 5.91. The highest BCUT2D eigenvalue weighted by molar-refractivity contribution is 7.60. The maximum absolute atomic E-state index is 13.8. The minimum atomic E-state index is -5.20. The van der Waals surface area contributed by atoms with Crippen molar-refractivity contribution in [1.29, 1.82) is 0 Å². The van der Waals surface area contributed by atoms with E-state index in [1.54, 1.807) is 0 Å². The zero-order chi connectivity index (χ0) is 19.7. The molecule has 1 unspecified atom stereocenters. The summed E-state index contributed by atoms with van der Waals surface area (Å²) in [7, 11) is -10.2. The molecule has 7 nitrogen and oxygen atoms in total. The SMILES string of the molecule is CC(C)=CCC/C(C)=C/CC/C(C)=C(\F)COP(=O)(O)OP(=O)(O)O. The smallest absolute Gasteiger partial charge is 0.302 e. The Bertz CT molecular complexity index is 615. The Morgan fingerprint density at radius 3 is 2.08 bits per heavy atom. The molecule has 0 aliphatic heterocycles. The van der Waals surface area contributed by atoms with Gasteiger partial charge in [0.25, 0.3) is 0 Å². The predicted molar refractivity (Wildman–Crippen MR) is 94.4 cm³/mol. The van der Waals surface area contributed by atoms with E-state index in [2.05, 4.69) is 14.9 Å². The molecule has 0 amide bonds. The Labute approximate surface area is 148 Å². The Morgan fingerprint density at radius 1 is 1.00 bits per heavy atom. The van der Waals surface area contributed by atoms with Crippen LogP contribution >= 0.6 is 15.6 Å². The van der Waals surface area contributed by atoms with E-state index in [0.717, 1.165) is 12.8 Å². The van der Waals surface area contributed by atoms with Gasteiger partial charge in [-0.15, -0.1) is 0 Å². The van der Waals surface area contributed by atoms with E-state index >= 15 is 0 Å². The van der Waals surface area contributed by atoms with Crippen molar-refractivity contribution < 1.29 is 37.0 Å². The normalized spacial score (nSPS) is 16.2. The molecule has 0 radical (unpaired) electrons. The predicted octanol–water partition coefficient (Wildman–Crippen LogP) is 4.93. The molecule has 0 saturated heterocycles. The van der Waals surface area contributed by atoms with Gasteiger partial charge in [-0.05, 0) is 59.0 Å². The van der Waals surface area contributed by atoms with Gasteiger partial charge in [0.1, 0.15) is 12.4 Å². The van der Waals surface area contributed by atoms with Crippen molar-refractivity contribution in [3.63, 3.8) is 0 Å². The summed E-state index contributed by atoms with van der Waals surface area (Å²) in [5.41, 5.74) is 2.78. The molecule has 0 aromatic rings. The van der Waals surface area contributed by atoms with Gasteiger partial charge in [0.05, 0.1) is 0 Å². The first-order valence-corrected chi connectivity index (χ1v) is 10.7. The van der Waals surface area contributed by atoms with Crippen molar-refractivity contribution in [1.82, 2.24) is 0 Å². The van der Waals surface area contributed by atoms with Gasteiger partial charge in [-0.1, -0.05) is 23.3 Å². The molecule has 0 aromatic carbocycles. The van der Waals surface area contributed by atoms with E-state index in [1.807, 2.05) is 26.8 Å². The highest BCUT2D eigenvalue weighted by Crippen LogP contribution is 2.57. The fourth-order valence-corrected chi connectivity index (χ4v) is 3.32. The fourth-order valence-electron chi connectivity index (χ4n) is 1.78. The molecule has 0 aliphatic carbocycles. The summed E-state index contributed by atoms with van der Waals surface area (Å²) in [5, 5.41) is 0. The van der Waals surface area contributed by atoms with Gasteiger partial charge >= 0.3 is 15.6 Å². The number of phosphoric acid groups is 2. The maximum atomic E-state index is 13.8. The van der Waals surface area contributed by atoms with Crippen LogP contribution in [0.15, 0.2) is 34.7 Å². The Balaban J connectivity index is 4.43. The number of hydrogen-bond donors (Lipinski definition) is 3. The van der Waals surface area contributed by atoms with Crippen LogP contribution in [0.5, 0.6) is 0 Å². The Morgan fingerprint density at radius 2 is 1.56 bits per heavy atom. The third-order valence-electron chi connectivity index (χ3n) is 3.13. The summed E-state index contributed by atoms with van der Waals surface area (Å²) in [6, 6.07) is 0. The molecule has 146 valence electrons. The first-order valence-electron chi connectivity index (χ1n) is 7.70. The lowest BCUT2D eigenvalue weighted by atomic mass is 10.1. The highest BCUT2D eigenvalue weighted by Gasteiger charge is 2.32. The summed E-state index contributed by atoms with van der Waals surface area (Å²) in [6.07, 6.45) is 7.02. The van der Waals surface area contributed by atoms with Gasteiger partial charge in [-0.3, -0.25) is 4.52 Å². The number of hydrogen-bond acceptors (Lipinski definition) is 4. The molecule has 0 saturated carbocycles. The molecule has 0 aliphatic rings. The Kier molecular flexibility index (Phi) is 10.9. The van der Waals surface area contributed by atoms with Crippen molar-refractivity contribution >= 4 is 15.6 Å². The van der Waals surface area contributed by atoms with E-state index in [0.29, 0.717) is 18.4 Å². The van der Waals surface area contributed by atoms with E-state index in [9.17, 15) is 13.5 Å². The minimum Gasteiger partial charge on any atom is -0.302 e. The van der Waals surface area contributed by atoms with Crippen LogP contribution in [0.2, 0.25) is 0 Å². The van der Waals surface area contributed by atoms with Crippen LogP contribution in [-0.2, 0) is 18.0 Å². The van der Waals surface area contributed by atoms with Crippen LogP contribution in [-0.4, -0.2) is 21.3 Å². The van der Waals surface area contributed by atoms with Gasteiger partial charge < -0.3 is 14.7 Å². The van der Waals surface area contributed by atoms with Crippen molar-refractivity contribution in [2.24, 2.45) is 0 Å². The number of halogens is 1. The second-order valence-corrected chi connectivity index (χ2v) is 8.74. The molecule has 10 heteroatoms. The summed E-state index contributed by atoms with van der Waals surface area (Å²) >= 11 is 0. The van der Waals surface area contributed by atoms with Gasteiger partial charge in [0, 0.05) is 0 Å². The minimum absolute atomic E-state index is 0.324. The van der Waals surface area contributed by atoms with Gasteiger partial charge in [-0.2, -0.15) is 4.31 Å². The maximum Gasteiger partial charge on any atom is 0.481 e. The molecule has 0 aromatic heterocycles. The lowest BCUT2D eigenvalue weighted by Crippen LogP contribution is -1.98. The molecular weight excluding hydrogens is 373 g/mol. The highest BCUT2D eigenvalue weighted by atomic mass is 31.3. The Hall–Kier alpha value is -0.590. The van der Waals surface area contributed by atoms with Crippen LogP contribution in [0, 0.1) is 0 Å². The molecule has 0 rings (SSSR count). The summed E-state index contributed by atoms with van der Waals surface area (Å²) in [6.45, 7) is 6.68. The van der Waals surface area contributed by atoms with Crippen molar-refractivity contribution in [2.75, 3.05) is 6.61 Å². The topological polar surface area (TPSA) is 113 Å². The van der Waals surface area contributed by atoms with E-state index in [-0.39, 0.29) is 0 Å². The summed E-state index contributed by atoms with van der Waals surface area (Å²) < 4.78 is 43.3. The molecule has 0 heterocycles.